The van der Waals surface area contributed by atoms with Gasteiger partial charge in [0, 0.05) is 61.9 Å². The maximum absolute atomic E-state index is 2.80. The first kappa shape index (κ1) is 32.7. The molecule has 0 amide bonds. The van der Waals surface area contributed by atoms with E-state index in [-0.39, 0.29) is 0 Å². The molecule has 5 nitrogen and oxygen atoms in total. The van der Waals surface area contributed by atoms with Crippen molar-refractivity contribution in [3.05, 3.63) is 0 Å². The second-order valence-electron chi connectivity index (χ2n) is 17.9. The molecule has 1 spiro atoms. The van der Waals surface area contributed by atoms with Gasteiger partial charge in [0.1, 0.15) is 0 Å². The van der Waals surface area contributed by atoms with Crippen molar-refractivity contribution in [3.63, 3.8) is 0 Å². The molecule has 5 saturated heterocycles. The minimum atomic E-state index is 0.353. The summed E-state index contributed by atoms with van der Waals surface area (Å²) in [5, 5.41) is 0. The van der Waals surface area contributed by atoms with Crippen LogP contribution < -0.4 is 0 Å². The smallest absolute Gasteiger partial charge is 0.0125 e. The number of fused-ring (bicyclic) bond motifs is 1. The summed E-state index contributed by atoms with van der Waals surface area (Å²) in [6.45, 7) is 40.5. The van der Waals surface area contributed by atoms with Gasteiger partial charge < -0.3 is 9.80 Å². The molecule has 0 aromatic heterocycles. The van der Waals surface area contributed by atoms with Crippen molar-refractivity contribution >= 4 is 0 Å². The number of nitrogens with zero attached hydrogens (tertiary/aromatic N) is 5. The third-order valence-corrected chi connectivity index (χ3v) is 11.6. The lowest BCUT2D eigenvalue weighted by Gasteiger charge is -2.42. The second kappa shape index (κ2) is 12.4. The first-order valence-corrected chi connectivity index (χ1v) is 17.2. The Morgan fingerprint density at radius 3 is 1.50 bits per heavy atom. The highest BCUT2D eigenvalue weighted by molar-refractivity contribution is 4.98. The molecule has 5 aliphatic heterocycles. The number of hydrogen-bond acceptors (Lipinski definition) is 5. The summed E-state index contributed by atoms with van der Waals surface area (Å²) in [7, 11) is 0. The van der Waals surface area contributed by atoms with Gasteiger partial charge in [-0.3, -0.25) is 14.7 Å². The van der Waals surface area contributed by atoms with Crippen LogP contribution in [0.15, 0.2) is 0 Å². The molecule has 5 heterocycles. The first-order chi connectivity index (χ1) is 18.5. The fourth-order valence-electron chi connectivity index (χ4n) is 8.37. The number of piperidine rings is 2. The zero-order valence-electron chi connectivity index (χ0n) is 28.9. The van der Waals surface area contributed by atoms with Gasteiger partial charge in [-0.2, -0.15) is 0 Å². The van der Waals surface area contributed by atoms with Crippen LogP contribution in [0.25, 0.3) is 0 Å². The fourth-order valence-corrected chi connectivity index (χ4v) is 8.37. The molecule has 40 heavy (non-hydrogen) atoms. The SMILES string of the molecule is CC(C)(C)N1CCC(CN2CC3CN(C(C)(C)C)CC3C2)CC1.CC(C)N1CCC2(CC1)CCN(C(C)(C)C)C2. The highest BCUT2D eigenvalue weighted by Gasteiger charge is 2.44. The molecule has 5 fully saturated rings. The van der Waals surface area contributed by atoms with E-state index in [9.17, 15) is 0 Å². The van der Waals surface area contributed by atoms with Crippen LogP contribution in [0.5, 0.6) is 0 Å². The van der Waals surface area contributed by atoms with Crippen molar-refractivity contribution in [1.82, 2.24) is 24.5 Å². The second-order valence-corrected chi connectivity index (χ2v) is 17.9. The average molecular weight is 560 g/mol. The topological polar surface area (TPSA) is 16.2 Å². The summed E-state index contributed by atoms with van der Waals surface area (Å²) in [6.07, 6.45) is 7.06. The number of rotatable bonds is 3. The predicted octanol–water partition coefficient (Wildman–Crippen LogP) is 6.14. The maximum atomic E-state index is 2.80. The molecule has 0 bridgehead atoms. The molecular formula is C35H69N5. The normalized spacial score (nSPS) is 30.3. The first-order valence-electron chi connectivity index (χ1n) is 17.2. The van der Waals surface area contributed by atoms with Crippen LogP contribution >= 0.6 is 0 Å². The minimum Gasteiger partial charge on any atom is -0.302 e. The Hall–Kier alpha value is -0.200. The van der Waals surface area contributed by atoms with E-state index in [1.54, 1.807) is 0 Å². The van der Waals surface area contributed by atoms with Crippen LogP contribution in [0.2, 0.25) is 0 Å². The Kier molecular flexibility index (Phi) is 10.2. The van der Waals surface area contributed by atoms with E-state index in [0.717, 1.165) is 23.8 Å². The Labute approximate surface area is 250 Å². The van der Waals surface area contributed by atoms with Gasteiger partial charge in [0.15, 0.2) is 0 Å². The maximum Gasteiger partial charge on any atom is 0.0125 e. The van der Waals surface area contributed by atoms with Crippen molar-refractivity contribution in [3.8, 4) is 0 Å². The summed E-state index contributed by atoms with van der Waals surface area (Å²) in [5.74, 6) is 2.80. The standard InChI is InChI=1S/C20H39N3.C15H30N2/c1-19(2,3)22-9-7-16(8-10-22)11-21-12-17-14-23(20(4,5)6)15-18(17)13-21;1-13(2)16-9-6-15(7-10-16)8-11-17(12-15)14(3,4)5/h16-18H,7-15H2,1-6H3;13H,6-12H2,1-5H3. The highest BCUT2D eigenvalue weighted by atomic mass is 15.3. The Balaban J connectivity index is 0.000000194. The van der Waals surface area contributed by atoms with Crippen molar-refractivity contribution < 1.29 is 0 Å². The van der Waals surface area contributed by atoms with Gasteiger partial charge in [0.25, 0.3) is 0 Å². The monoisotopic (exact) mass is 560 g/mol. The predicted molar refractivity (Wildman–Crippen MR) is 173 cm³/mol. The van der Waals surface area contributed by atoms with E-state index in [1.165, 1.54) is 104 Å². The molecule has 0 aliphatic carbocycles. The van der Waals surface area contributed by atoms with Gasteiger partial charge in [-0.1, -0.05) is 0 Å². The molecule has 2 atom stereocenters. The van der Waals surface area contributed by atoms with Crippen LogP contribution in [-0.2, 0) is 0 Å². The van der Waals surface area contributed by atoms with Crippen LogP contribution in [0, 0.1) is 23.2 Å². The number of likely N-dealkylation sites (tertiary alicyclic amines) is 5. The largest absolute Gasteiger partial charge is 0.302 e. The summed E-state index contributed by atoms with van der Waals surface area (Å²) in [4.78, 5) is 13.5. The molecule has 0 aromatic rings. The van der Waals surface area contributed by atoms with Crippen LogP contribution in [-0.4, -0.2) is 119 Å². The van der Waals surface area contributed by atoms with Gasteiger partial charge in [0.2, 0.25) is 0 Å². The summed E-state index contributed by atoms with van der Waals surface area (Å²) >= 11 is 0. The van der Waals surface area contributed by atoms with E-state index < -0.39 is 0 Å². The molecule has 234 valence electrons. The number of hydrogen-bond donors (Lipinski definition) is 0. The van der Waals surface area contributed by atoms with Crippen LogP contribution in [0.3, 0.4) is 0 Å². The molecule has 5 rings (SSSR count). The van der Waals surface area contributed by atoms with Crippen LogP contribution in [0.1, 0.15) is 108 Å². The Morgan fingerprint density at radius 1 is 0.600 bits per heavy atom. The van der Waals surface area contributed by atoms with Crippen molar-refractivity contribution in [2.24, 2.45) is 23.2 Å². The fraction of sp³-hybridized carbons (Fsp3) is 1.00. The lowest BCUT2D eigenvalue weighted by Crippen LogP contribution is -2.47. The quantitative estimate of drug-likeness (QED) is 0.412. The Bertz CT molecular complexity index is 772. The molecule has 2 unspecified atom stereocenters. The van der Waals surface area contributed by atoms with Gasteiger partial charge in [-0.25, -0.2) is 0 Å². The molecule has 0 saturated carbocycles. The highest BCUT2D eigenvalue weighted by Crippen LogP contribution is 2.42. The van der Waals surface area contributed by atoms with E-state index in [1.807, 2.05) is 0 Å². The van der Waals surface area contributed by atoms with E-state index >= 15 is 0 Å². The zero-order valence-corrected chi connectivity index (χ0v) is 28.9. The minimum absolute atomic E-state index is 0.353. The van der Waals surface area contributed by atoms with Crippen molar-refractivity contribution in [2.45, 2.75) is 131 Å². The van der Waals surface area contributed by atoms with Gasteiger partial charge in [-0.15, -0.1) is 0 Å². The third-order valence-electron chi connectivity index (χ3n) is 11.6. The Morgan fingerprint density at radius 2 is 1.07 bits per heavy atom. The molecule has 0 aromatic carbocycles. The van der Waals surface area contributed by atoms with Gasteiger partial charge in [-0.05, 0) is 164 Å². The zero-order chi connectivity index (χ0) is 29.5. The van der Waals surface area contributed by atoms with Gasteiger partial charge in [0.05, 0.1) is 0 Å². The van der Waals surface area contributed by atoms with E-state index in [0.29, 0.717) is 22.0 Å². The van der Waals surface area contributed by atoms with E-state index in [2.05, 4.69) is 101 Å². The average Bonchev–Trinajstić information content (AvgIpc) is 3.53. The van der Waals surface area contributed by atoms with Crippen LogP contribution in [0.4, 0.5) is 0 Å². The molecular weight excluding hydrogens is 490 g/mol. The summed E-state index contributed by atoms with van der Waals surface area (Å²) in [6, 6.07) is 0.729. The van der Waals surface area contributed by atoms with E-state index in [4.69, 9.17) is 0 Å². The lowest BCUT2D eigenvalue weighted by atomic mass is 9.77. The molecule has 0 N–H and O–H groups in total. The van der Waals surface area contributed by atoms with Gasteiger partial charge >= 0.3 is 0 Å². The summed E-state index contributed by atoms with van der Waals surface area (Å²) in [5.41, 5.74) is 1.72. The third kappa shape index (κ3) is 8.24. The molecule has 5 aliphatic rings. The lowest BCUT2D eigenvalue weighted by molar-refractivity contribution is 0.0732. The molecule has 5 heteroatoms. The van der Waals surface area contributed by atoms with Crippen molar-refractivity contribution in [1.29, 1.82) is 0 Å². The summed E-state index contributed by atoms with van der Waals surface area (Å²) < 4.78 is 0. The molecule has 0 radical (unpaired) electrons. The van der Waals surface area contributed by atoms with Crippen molar-refractivity contribution in [2.75, 3.05) is 72.0 Å².